The highest BCUT2D eigenvalue weighted by Crippen LogP contribution is 2.30. The van der Waals surface area contributed by atoms with Crippen LogP contribution in [0.15, 0.2) is 95.6 Å². The Morgan fingerprint density at radius 2 is 1.61 bits per heavy atom. The van der Waals surface area contributed by atoms with Gasteiger partial charge in [-0.3, -0.25) is 4.79 Å². The van der Waals surface area contributed by atoms with E-state index in [1.165, 1.54) is 6.26 Å². The largest absolute Gasteiger partial charge is 0.497 e. The average molecular weight is 476 g/mol. The second-order valence-corrected chi connectivity index (χ2v) is 8.02. The molecule has 0 aliphatic rings. The second-order valence-electron chi connectivity index (χ2n) is 8.02. The zero-order valence-corrected chi connectivity index (χ0v) is 19.2. The molecule has 6 rings (SSSR count). The molecule has 0 unspecified atom stereocenters. The molecule has 176 valence electrons. The fourth-order valence-electron chi connectivity index (χ4n) is 3.97. The van der Waals surface area contributed by atoms with Crippen LogP contribution in [-0.4, -0.2) is 32.8 Å². The van der Waals surface area contributed by atoms with Crippen LogP contribution in [0.5, 0.6) is 5.75 Å². The zero-order chi connectivity index (χ0) is 24.5. The quantitative estimate of drug-likeness (QED) is 0.325. The molecule has 0 saturated carbocycles. The van der Waals surface area contributed by atoms with Crippen LogP contribution in [-0.2, 0) is 0 Å². The predicted octanol–water partition coefficient (Wildman–Crippen LogP) is 5.54. The van der Waals surface area contributed by atoms with E-state index in [2.05, 4.69) is 20.8 Å². The van der Waals surface area contributed by atoms with Crippen LogP contribution in [0.1, 0.15) is 10.6 Å². The van der Waals surface area contributed by atoms with Crippen LogP contribution in [0.4, 0.5) is 17.2 Å². The number of anilines is 3. The molecule has 9 nitrogen and oxygen atoms in total. The standard InChI is InChI=1S/C27H20N6O3/c1-35-20-14-8-17(9-15-20)25-30-31-26-22-6-3-2-5-21(22)24(32-33(25)26)28-18-10-12-19(13-11-18)29-27(34)23-7-4-16-36-23/h2-16H,1H3,(H,28,32)(H,29,34). The number of nitrogens with one attached hydrogen (secondary N) is 2. The van der Waals surface area contributed by atoms with E-state index in [4.69, 9.17) is 14.3 Å². The maximum absolute atomic E-state index is 12.2. The summed E-state index contributed by atoms with van der Waals surface area (Å²) in [4.78, 5) is 12.2. The minimum atomic E-state index is -0.308. The van der Waals surface area contributed by atoms with Gasteiger partial charge in [0, 0.05) is 27.7 Å². The molecule has 0 saturated heterocycles. The number of amides is 1. The van der Waals surface area contributed by atoms with Gasteiger partial charge in [-0.1, -0.05) is 24.3 Å². The van der Waals surface area contributed by atoms with Gasteiger partial charge < -0.3 is 19.8 Å². The van der Waals surface area contributed by atoms with Gasteiger partial charge in [-0.05, 0) is 60.7 Å². The molecule has 0 bridgehead atoms. The lowest BCUT2D eigenvalue weighted by Gasteiger charge is -2.11. The van der Waals surface area contributed by atoms with Crippen molar-refractivity contribution < 1.29 is 13.9 Å². The third-order valence-electron chi connectivity index (χ3n) is 5.76. The van der Waals surface area contributed by atoms with Crippen molar-refractivity contribution in [3.05, 3.63) is 97.0 Å². The maximum atomic E-state index is 12.2. The third kappa shape index (κ3) is 3.88. The highest BCUT2D eigenvalue weighted by atomic mass is 16.5. The Morgan fingerprint density at radius 1 is 0.861 bits per heavy atom. The van der Waals surface area contributed by atoms with Gasteiger partial charge in [-0.25, -0.2) is 0 Å². The van der Waals surface area contributed by atoms with Gasteiger partial charge >= 0.3 is 0 Å². The van der Waals surface area contributed by atoms with Crippen LogP contribution in [0.25, 0.3) is 27.8 Å². The second kappa shape index (κ2) is 8.88. The predicted molar refractivity (Wildman–Crippen MR) is 137 cm³/mol. The molecule has 3 heterocycles. The first-order valence-corrected chi connectivity index (χ1v) is 11.2. The van der Waals surface area contributed by atoms with Crippen LogP contribution >= 0.6 is 0 Å². The first-order chi connectivity index (χ1) is 17.7. The molecule has 0 radical (unpaired) electrons. The lowest BCUT2D eigenvalue weighted by atomic mass is 10.1. The minimum Gasteiger partial charge on any atom is -0.497 e. The van der Waals surface area contributed by atoms with Gasteiger partial charge in [-0.15, -0.1) is 15.3 Å². The summed E-state index contributed by atoms with van der Waals surface area (Å²) in [6.45, 7) is 0. The monoisotopic (exact) mass is 476 g/mol. The summed E-state index contributed by atoms with van der Waals surface area (Å²) in [5.74, 6) is 1.98. The van der Waals surface area contributed by atoms with Crippen molar-refractivity contribution in [3.8, 4) is 17.1 Å². The fraction of sp³-hybridized carbons (Fsp3) is 0.0370. The number of nitrogens with zero attached hydrogens (tertiary/aromatic N) is 4. The highest BCUT2D eigenvalue weighted by molar-refractivity contribution is 6.03. The first-order valence-electron chi connectivity index (χ1n) is 11.2. The SMILES string of the molecule is COc1ccc(-c2nnc3c4ccccc4c(Nc4ccc(NC(=O)c5ccco5)cc4)nn23)cc1. The maximum Gasteiger partial charge on any atom is 0.291 e. The number of rotatable bonds is 6. The van der Waals surface area contributed by atoms with Crippen molar-refractivity contribution in [2.75, 3.05) is 17.7 Å². The van der Waals surface area contributed by atoms with Crippen molar-refractivity contribution in [3.63, 3.8) is 0 Å². The van der Waals surface area contributed by atoms with E-state index < -0.39 is 0 Å². The number of ether oxygens (including phenoxy) is 1. The van der Waals surface area contributed by atoms with E-state index in [-0.39, 0.29) is 11.7 Å². The topological polar surface area (TPSA) is 107 Å². The number of methoxy groups -OCH3 is 1. The third-order valence-corrected chi connectivity index (χ3v) is 5.76. The van der Waals surface area contributed by atoms with Crippen molar-refractivity contribution >= 4 is 39.5 Å². The molecule has 9 heteroatoms. The molecule has 0 aliphatic heterocycles. The summed E-state index contributed by atoms with van der Waals surface area (Å²) in [5.41, 5.74) is 2.99. The summed E-state index contributed by atoms with van der Waals surface area (Å²) >= 11 is 0. The zero-order valence-electron chi connectivity index (χ0n) is 19.2. The highest BCUT2D eigenvalue weighted by Gasteiger charge is 2.16. The Labute approximate surface area is 205 Å². The van der Waals surface area contributed by atoms with Gasteiger partial charge in [0.05, 0.1) is 13.4 Å². The van der Waals surface area contributed by atoms with E-state index in [1.54, 1.807) is 23.8 Å². The molecule has 0 fully saturated rings. The first kappa shape index (κ1) is 21.4. The number of benzene rings is 3. The van der Waals surface area contributed by atoms with Gasteiger partial charge in [0.15, 0.2) is 23.0 Å². The summed E-state index contributed by atoms with van der Waals surface area (Å²) in [5, 5.41) is 21.7. The van der Waals surface area contributed by atoms with Gasteiger partial charge in [0.1, 0.15) is 5.75 Å². The molecule has 0 spiro atoms. The molecule has 3 aromatic carbocycles. The van der Waals surface area contributed by atoms with Crippen LogP contribution in [0.3, 0.4) is 0 Å². The van der Waals surface area contributed by atoms with Gasteiger partial charge in [0.2, 0.25) is 0 Å². The number of furan rings is 1. The number of hydrogen-bond acceptors (Lipinski definition) is 7. The van der Waals surface area contributed by atoms with Crippen LogP contribution in [0.2, 0.25) is 0 Å². The van der Waals surface area contributed by atoms with Gasteiger partial charge in [0.25, 0.3) is 5.91 Å². The van der Waals surface area contributed by atoms with E-state index in [0.717, 1.165) is 27.8 Å². The van der Waals surface area contributed by atoms with Crippen LogP contribution < -0.4 is 15.4 Å². The Balaban J connectivity index is 1.35. The lowest BCUT2D eigenvalue weighted by Crippen LogP contribution is -2.10. The summed E-state index contributed by atoms with van der Waals surface area (Å²) in [7, 11) is 1.63. The average Bonchev–Trinajstić information content (AvgIpc) is 3.61. The van der Waals surface area contributed by atoms with Crippen molar-refractivity contribution in [1.82, 2.24) is 19.8 Å². The number of hydrogen-bond donors (Lipinski definition) is 2. The van der Waals surface area contributed by atoms with Crippen molar-refractivity contribution in [2.24, 2.45) is 0 Å². The molecule has 2 N–H and O–H groups in total. The normalized spacial score (nSPS) is 11.0. The number of carbonyl (C=O) groups is 1. The number of carbonyl (C=O) groups excluding carboxylic acids is 1. The van der Waals surface area contributed by atoms with E-state index in [0.29, 0.717) is 23.0 Å². The molecule has 0 atom stereocenters. The Morgan fingerprint density at radius 3 is 2.33 bits per heavy atom. The minimum absolute atomic E-state index is 0.253. The van der Waals surface area contributed by atoms with Gasteiger partial charge in [-0.2, -0.15) is 4.52 Å². The van der Waals surface area contributed by atoms with E-state index >= 15 is 0 Å². The molecule has 1 amide bonds. The van der Waals surface area contributed by atoms with Crippen LogP contribution in [0, 0.1) is 0 Å². The summed E-state index contributed by atoms with van der Waals surface area (Å²) < 4.78 is 12.2. The fourth-order valence-corrected chi connectivity index (χ4v) is 3.97. The van der Waals surface area contributed by atoms with E-state index in [1.807, 2.05) is 72.8 Å². The van der Waals surface area contributed by atoms with Crippen molar-refractivity contribution in [1.29, 1.82) is 0 Å². The van der Waals surface area contributed by atoms with Crippen molar-refractivity contribution in [2.45, 2.75) is 0 Å². The Kier molecular flexibility index (Phi) is 5.27. The summed E-state index contributed by atoms with van der Waals surface area (Å²) in [6.07, 6.45) is 1.46. The summed E-state index contributed by atoms with van der Waals surface area (Å²) in [6, 6.07) is 26.2. The molecule has 0 aliphatic carbocycles. The molecular weight excluding hydrogens is 456 g/mol. The Bertz CT molecular complexity index is 1670. The smallest absolute Gasteiger partial charge is 0.291 e. The molecule has 36 heavy (non-hydrogen) atoms. The number of aromatic nitrogens is 4. The molecule has 6 aromatic rings. The Hall–Kier alpha value is -5.18. The lowest BCUT2D eigenvalue weighted by molar-refractivity contribution is 0.0996. The number of fused-ring (bicyclic) bond motifs is 3. The molecular formula is C27H20N6O3. The molecule has 3 aromatic heterocycles. The van der Waals surface area contributed by atoms with E-state index in [9.17, 15) is 4.79 Å².